The van der Waals surface area contributed by atoms with Gasteiger partial charge in [-0.3, -0.25) is 4.79 Å². The zero-order valence-corrected chi connectivity index (χ0v) is 13.7. The molecule has 0 N–H and O–H groups in total. The van der Waals surface area contributed by atoms with Crippen molar-refractivity contribution in [3.05, 3.63) is 54.1 Å². The van der Waals surface area contributed by atoms with Gasteiger partial charge in [0.1, 0.15) is 12.4 Å². The summed E-state index contributed by atoms with van der Waals surface area (Å²) >= 11 is 0. The molecule has 0 saturated carbocycles. The van der Waals surface area contributed by atoms with E-state index in [9.17, 15) is 4.79 Å². The molecule has 1 aliphatic rings. The van der Waals surface area contributed by atoms with Crippen molar-refractivity contribution in [1.29, 1.82) is 0 Å². The van der Waals surface area contributed by atoms with Crippen LogP contribution in [-0.2, 0) is 4.79 Å². The molecular formula is C19H19NO4. The van der Waals surface area contributed by atoms with Crippen LogP contribution in [0, 0.1) is 0 Å². The summed E-state index contributed by atoms with van der Waals surface area (Å²) in [4.78, 5) is 14.3. The Hall–Kier alpha value is -2.95. The molecule has 2 aromatic rings. The summed E-state index contributed by atoms with van der Waals surface area (Å²) in [5.74, 6) is 1.93. The Morgan fingerprint density at radius 3 is 2.71 bits per heavy atom. The van der Waals surface area contributed by atoms with E-state index in [1.807, 2.05) is 42.5 Å². The SMILES string of the molecule is COc1ccc(C=CC(=O)N2CCOc3ccccc32)cc1OC. The number of carbonyl (C=O) groups is 1. The second kappa shape index (κ2) is 7.08. The Labute approximate surface area is 141 Å². The number of rotatable bonds is 4. The molecule has 0 aliphatic carbocycles. The molecule has 0 radical (unpaired) electrons. The van der Waals surface area contributed by atoms with Crippen LogP contribution in [0.15, 0.2) is 48.5 Å². The third-order valence-corrected chi connectivity index (χ3v) is 3.82. The summed E-state index contributed by atoms with van der Waals surface area (Å²) in [6.07, 6.45) is 3.33. The summed E-state index contributed by atoms with van der Waals surface area (Å²) in [5, 5.41) is 0. The first-order chi connectivity index (χ1) is 11.7. The fourth-order valence-corrected chi connectivity index (χ4v) is 2.61. The van der Waals surface area contributed by atoms with Gasteiger partial charge in [0, 0.05) is 6.08 Å². The molecule has 1 heterocycles. The quantitative estimate of drug-likeness (QED) is 0.810. The molecule has 0 unspecified atom stereocenters. The van der Waals surface area contributed by atoms with E-state index in [-0.39, 0.29) is 5.91 Å². The third-order valence-electron chi connectivity index (χ3n) is 3.82. The Balaban J connectivity index is 1.79. The minimum Gasteiger partial charge on any atom is -0.493 e. The molecule has 5 heteroatoms. The van der Waals surface area contributed by atoms with Gasteiger partial charge < -0.3 is 19.1 Å². The Bertz CT molecular complexity index is 770. The first-order valence-electron chi connectivity index (χ1n) is 7.66. The maximum absolute atomic E-state index is 12.5. The number of carbonyl (C=O) groups excluding carboxylic acids is 1. The molecule has 0 fully saturated rings. The number of methoxy groups -OCH3 is 2. The topological polar surface area (TPSA) is 48.0 Å². The molecule has 0 aromatic heterocycles. The van der Waals surface area contributed by atoms with Crippen molar-refractivity contribution in [2.75, 3.05) is 32.3 Å². The molecule has 0 saturated heterocycles. The van der Waals surface area contributed by atoms with E-state index < -0.39 is 0 Å². The van der Waals surface area contributed by atoms with E-state index >= 15 is 0 Å². The zero-order valence-electron chi connectivity index (χ0n) is 13.7. The standard InChI is InChI=1S/C19H19NO4/c1-22-17-9-7-14(13-18(17)23-2)8-10-19(21)20-11-12-24-16-6-4-3-5-15(16)20/h3-10,13H,11-12H2,1-2H3. The summed E-state index contributed by atoms with van der Waals surface area (Å²) in [6, 6.07) is 13.1. The average Bonchev–Trinajstić information content (AvgIpc) is 2.65. The maximum Gasteiger partial charge on any atom is 0.251 e. The summed E-state index contributed by atoms with van der Waals surface area (Å²) in [7, 11) is 3.17. The van der Waals surface area contributed by atoms with E-state index in [1.54, 1.807) is 31.3 Å². The lowest BCUT2D eigenvalue weighted by Crippen LogP contribution is -2.36. The lowest BCUT2D eigenvalue weighted by molar-refractivity contribution is -0.114. The highest BCUT2D eigenvalue weighted by Gasteiger charge is 2.21. The van der Waals surface area contributed by atoms with Crippen LogP contribution in [0.1, 0.15) is 5.56 Å². The molecule has 0 spiro atoms. The van der Waals surface area contributed by atoms with Crippen LogP contribution < -0.4 is 19.1 Å². The lowest BCUT2D eigenvalue weighted by Gasteiger charge is -2.28. The molecule has 0 bridgehead atoms. The minimum absolute atomic E-state index is 0.0828. The van der Waals surface area contributed by atoms with Crippen LogP contribution in [0.5, 0.6) is 17.2 Å². The fourth-order valence-electron chi connectivity index (χ4n) is 2.61. The molecule has 124 valence electrons. The van der Waals surface area contributed by atoms with Gasteiger partial charge in [0.2, 0.25) is 0 Å². The fraction of sp³-hybridized carbons (Fsp3) is 0.211. The van der Waals surface area contributed by atoms with Crippen molar-refractivity contribution in [1.82, 2.24) is 0 Å². The maximum atomic E-state index is 12.5. The average molecular weight is 325 g/mol. The van der Waals surface area contributed by atoms with E-state index in [4.69, 9.17) is 14.2 Å². The van der Waals surface area contributed by atoms with E-state index in [1.165, 1.54) is 0 Å². The summed E-state index contributed by atoms with van der Waals surface area (Å²) < 4.78 is 16.1. The van der Waals surface area contributed by atoms with E-state index in [2.05, 4.69) is 0 Å². The molecule has 24 heavy (non-hydrogen) atoms. The number of anilines is 1. The second-order valence-corrected chi connectivity index (χ2v) is 5.25. The van der Waals surface area contributed by atoms with Crippen molar-refractivity contribution in [3.63, 3.8) is 0 Å². The van der Waals surface area contributed by atoms with E-state index in [0.717, 1.165) is 17.0 Å². The predicted octanol–water partition coefficient (Wildman–Crippen LogP) is 3.14. The van der Waals surface area contributed by atoms with Gasteiger partial charge in [0.05, 0.1) is 26.5 Å². The minimum atomic E-state index is -0.0828. The number of para-hydroxylation sites is 2. The molecular weight excluding hydrogens is 306 g/mol. The van der Waals surface area contributed by atoms with Crippen molar-refractivity contribution in [3.8, 4) is 17.2 Å². The molecule has 1 aliphatic heterocycles. The van der Waals surface area contributed by atoms with Crippen LogP contribution in [-0.4, -0.2) is 33.3 Å². The highest BCUT2D eigenvalue weighted by molar-refractivity contribution is 6.05. The van der Waals surface area contributed by atoms with Gasteiger partial charge in [-0.1, -0.05) is 18.2 Å². The monoisotopic (exact) mass is 325 g/mol. The van der Waals surface area contributed by atoms with Crippen molar-refractivity contribution < 1.29 is 19.0 Å². The first-order valence-corrected chi connectivity index (χ1v) is 7.66. The first kappa shape index (κ1) is 15.9. The number of nitrogens with zero attached hydrogens (tertiary/aromatic N) is 1. The van der Waals surface area contributed by atoms with E-state index in [0.29, 0.717) is 24.7 Å². The van der Waals surface area contributed by atoms with Gasteiger partial charge >= 0.3 is 0 Å². The Kier molecular flexibility index (Phi) is 4.70. The molecule has 0 atom stereocenters. The number of fused-ring (bicyclic) bond motifs is 1. The highest BCUT2D eigenvalue weighted by atomic mass is 16.5. The number of benzene rings is 2. The van der Waals surface area contributed by atoms with Crippen LogP contribution in [0.2, 0.25) is 0 Å². The molecule has 3 rings (SSSR count). The molecule has 1 amide bonds. The van der Waals surface area contributed by atoms with Gasteiger partial charge in [0.15, 0.2) is 11.5 Å². The third kappa shape index (κ3) is 3.20. The Morgan fingerprint density at radius 1 is 1.12 bits per heavy atom. The van der Waals surface area contributed by atoms with Gasteiger partial charge in [-0.05, 0) is 35.9 Å². The normalized spacial score (nSPS) is 13.3. The van der Waals surface area contributed by atoms with Crippen molar-refractivity contribution in [2.24, 2.45) is 0 Å². The summed E-state index contributed by atoms with van der Waals surface area (Å²) in [6.45, 7) is 1.03. The zero-order chi connectivity index (χ0) is 16.9. The van der Waals surface area contributed by atoms with Crippen LogP contribution >= 0.6 is 0 Å². The number of hydrogen-bond acceptors (Lipinski definition) is 4. The van der Waals surface area contributed by atoms with Crippen LogP contribution in [0.25, 0.3) is 6.08 Å². The Morgan fingerprint density at radius 2 is 1.92 bits per heavy atom. The van der Waals surface area contributed by atoms with Gasteiger partial charge in [-0.25, -0.2) is 0 Å². The van der Waals surface area contributed by atoms with Gasteiger partial charge in [-0.2, -0.15) is 0 Å². The summed E-state index contributed by atoms with van der Waals surface area (Å²) in [5.41, 5.74) is 1.66. The predicted molar refractivity (Wildman–Crippen MR) is 92.9 cm³/mol. The second-order valence-electron chi connectivity index (χ2n) is 5.25. The largest absolute Gasteiger partial charge is 0.493 e. The smallest absolute Gasteiger partial charge is 0.251 e. The number of hydrogen-bond donors (Lipinski definition) is 0. The van der Waals surface area contributed by atoms with Crippen LogP contribution in [0.3, 0.4) is 0 Å². The van der Waals surface area contributed by atoms with Crippen LogP contribution in [0.4, 0.5) is 5.69 Å². The van der Waals surface area contributed by atoms with Crippen molar-refractivity contribution in [2.45, 2.75) is 0 Å². The van der Waals surface area contributed by atoms with Gasteiger partial charge in [0.25, 0.3) is 5.91 Å². The highest BCUT2D eigenvalue weighted by Crippen LogP contribution is 2.31. The molecule has 2 aromatic carbocycles. The number of amides is 1. The lowest BCUT2D eigenvalue weighted by atomic mass is 10.1. The van der Waals surface area contributed by atoms with Gasteiger partial charge in [-0.15, -0.1) is 0 Å². The van der Waals surface area contributed by atoms with Crippen molar-refractivity contribution >= 4 is 17.7 Å². The number of ether oxygens (including phenoxy) is 3. The molecule has 5 nitrogen and oxygen atoms in total.